The molecule has 0 aromatic carbocycles. The van der Waals surface area contributed by atoms with Gasteiger partial charge in [-0.3, -0.25) is 9.59 Å². The van der Waals surface area contributed by atoms with Crippen molar-refractivity contribution in [3.8, 4) is 11.4 Å². The fourth-order valence-corrected chi connectivity index (χ4v) is 1.65. The molecular weight excluding hydrogens is 280 g/mol. The van der Waals surface area contributed by atoms with E-state index in [1.54, 1.807) is 36.9 Å². The first-order chi connectivity index (χ1) is 9.65. The number of rotatable bonds is 6. The Kier molecular flexibility index (Phi) is 4.84. The van der Waals surface area contributed by atoms with Gasteiger partial charge in [0.25, 0.3) is 0 Å². The Morgan fingerprint density at radius 2 is 1.95 bits per heavy atom. The number of ketones is 1. The van der Waals surface area contributed by atoms with Crippen molar-refractivity contribution in [3.05, 3.63) is 36.9 Å². The molecule has 0 bridgehead atoms. The van der Waals surface area contributed by atoms with Crippen molar-refractivity contribution < 1.29 is 14.3 Å². The SMILES string of the molecule is O=C(Cl)CCC(=O)C[n+]1ccc(-c2ncccn2)cn1. The molecule has 2 aromatic rings. The lowest BCUT2D eigenvalue weighted by Crippen LogP contribution is -2.41. The van der Waals surface area contributed by atoms with Gasteiger partial charge in [-0.2, -0.15) is 0 Å². The molecule has 0 saturated carbocycles. The molecular formula is C13H12ClN4O2+. The van der Waals surface area contributed by atoms with E-state index in [4.69, 9.17) is 11.6 Å². The molecule has 2 heterocycles. The Balaban J connectivity index is 1.98. The lowest BCUT2D eigenvalue weighted by Gasteiger charge is -1.97. The van der Waals surface area contributed by atoms with E-state index in [0.717, 1.165) is 5.56 Å². The van der Waals surface area contributed by atoms with Crippen LogP contribution in [0.25, 0.3) is 11.4 Å². The molecule has 0 spiro atoms. The number of hydrogen-bond donors (Lipinski definition) is 0. The molecule has 0 unspecified atom stereocenters. The van der Waals surface area contributed by atoms with E-state index in [1.807, 2.05) is 0 Å². The maximum Gasteiger partial charge on any atom is 0.232 e. The van der Waals surface area contributed by atoms with Crippen molar-refractivity contribution >= 4 is 22.6 Å². The van der Waals surface area contributed by atoms with Crippen molar-refractivity contribution in [1.29, 1.82) is 0 Å². The van der Waals surface area contributed by atoms with Gasteiger partial charge in [-0.1, -0.05) is 4.68 Å². The number of carbonyl (C=O) groups is 2. The number of nitrogens with zero attached hydrogens (tertiary/aromatic N) is 4. The number of carbonyl (C=O) groups excluding carboxylic acids is 2. The minimum absolute atomic E-state index is 0.0525. The van der Waals surface area contributed by atoms with Gasteiger partial charge in [-0.15, -0.1) is 0 Å². The third-order valence-corrected chi connectivity index (χ3v) is 2.72. The Hall–Kier alpha value is -2.21. The first kappa shape index (κ1) is 14.2. The minimum Gasteiger partial charge on any atom is -0.292 e. The van der Waals surface area contributed by atoms with Crippen LogP contribution in [0, 0.1) is 0 Å². The summed E-state index contributed by atoms with van der Waals surface area (Å²) >= 11 is 5.19. The van der Waals surface area contributed by atoms with Gasteiger partial charge < -0.3 is 0 Å². The van der Waals surface area contributed by atoms with Crippen molar-refractivity contribution in [2.24, 2.45) is 0 Å². The fraction of sp³-hybridized carbons (Fsp3) is 0.231. The Morgan fingerprint density at radius 3 is 2.55 bits per heavy atom. The van der Waals surface area contributed by atoms with Crippen LogP contribution in [0.4, 0.5) is 0 Å². The Labute approximate surface area is 120 Å². The molecule has 0 radical (unpaired) electrons. The van der Waals surface area contributed by atoms with Crippen molar-refractivity contribution in [1.82, 2.24) is 15.1 Å². The largest absolute Gasteiger partial charge is 0.292 e. The van der Waals surface area contributed by atoms with Crippen LogP contribution in [0.1, 0.15) is 12.8 Å². The molecule has 0 aliphatic heterocycles. The highest BCUT2D eigenvalue weighted by Crippen LogP contribution is 2.09. The van der Waals surface area contributed by atoms with Crippen LogP contribution < -0.4 is 4.68 Å². The van der Waals surface area contributed by atoms with Crippen LogP contribution in [0.15, 0.2) is 36.9 Å². The fourth-order valence-electron chi connectivity index (χ4n) is 1.56. The summed E-state index contributed by atoms with van der Waals surface area (Å²) in [6, 6.07) is 3.51. The van der Waals surface area contributed by atoms with Gasteiger partial charge in [0.2, 0.25) is 11.8 Å². The minimum atomic E-state index is -0.507. The average Bonchev–Trinajstić information content (AvgIpc) is 2.47. The highest BCUT2D eigenvalue weighted by atomic mass is 35.5. The lowest BCUT2D eigenvalue weighted by molar-refractivity contribution is -0.742. The number of aromatic nitrogens is 4. The zero-order chi connectivity index (χ0) is 14.4. The van der Waals surface area contributed by atoms with Crippen molar-refractivity contribution in [3.63, 3.8) is 0 Å². The maximum atomic E-state index is 11.6. The molecule has 0 aliphatic carbocycles. The maximum absolute atomic E-state index is 11.6. The van der Waals surface area contributed by atoms with Crippen LogP contribution in [0.5, 0.6) is 0 Å². The van der Waals surface area contributed by atoms with Gasteiger partial charge >= 0.3 is 0 Å². The van der Waals surface area contributed by atoms with Gasteiger partial charge in [-0.25, -0.2) is 9.97 Å². The number of hydrogen-bond acceptors (Lipinski definition) is 5. The first-order valence-corrected chi connectivity index (χ1v) is 6.36. The summed E-state index contributed by atoms with van der Waals surface area (Å²) in [4.78, 5) is 30.4. The quantitative estimate of drug-likeness (QED) is 0.585. The molecule has 2 rings (SSSR count). The zero-order valence-electron chi connectivity index (χ0n) is 10.6. The summed E-state index contributed by atoms with van der Waals surface area (Å²) in [6.07, 6.45) is 6.74. The molecule has 0 fully saturated rings. The molecule has 0 N–H and O–H groups in total. The Morgan fingerprint density at radius 1 is 1.20 bits per heavy atom. The van der Waals surface area contributed by atoms with E-state index in [9.17, 15) is 9.59 Å². The van der Waals surface area contributed by atoms with Crippen LogP contribution in [-0.4, -0.2) is 26.1 Å². The van der Waals surface area contributed by atoms with E-state index >= 15 is 0 Å². The lowest BCUT2D eigenvalue weighted by atomic mass is 10.2. The molecule has 102 valence electrons. The van der Waals surface area contributed by atoms with E-state index in [0.29, 0.717) is 5.82 Å². The second kappa shape index (κ2) is 6.81. The van der Waals surface area contributed by atoms with Crippen LogP contribution in [0.2, 0.25) is 0 Å². The van der Waals surface area contributed by atoms with E-state index in [2.05, 4.69) is 15.1 Å². The molecule has 0 saturated heterocycles. The summed E-state index contributed by atoms with van der Waals surface area (Å²) in [5.41, 5.74) is 0.769. The topological polar surface area (TPSA) is 76.7 Å². The summed E-state index contributed by atoms with van der Waals surface area (Å²) < 4.78 is 1.49. The van der Waals surface area contributed by atoms with Crippen LogP contribution in [0.3, 0.4) is 0 Å². The highest BCUT2D eigenvalue weighted by molar-refractivity contribution is 6.63. The molecule has 0 amide bonds. The van der Waals surface area contributed by atoms with Gasteiger partial charge in [0.1, 0.15) is 6.20 Å². The van der Waals surface area contributed by atoms with E-state index in [-0.39, 0.29) is 25.2 Å². The third kappa shape index (κ3) is 4.17. The summed E-state index contributed by atoms with van der Waals surface area (Å²) in [6.45, 7) is 0.111. The predicted octanol–water partition coefficient (Wildman–Crippen LogP) is 0.941. The zero-order valence-corrected chi connectivity index (χ0v) is 11.3. The van der Waals surface area contributed by atoms with E-state index in [1.165, 1.54) is 4.68 Å². The number of Topliss-reactive ketones (excluding diaryl/α,β-unsaturated/α-hetero) is 1. The Bertz CT molecular complexity index is 602. The molecule has 7 heteroatoms. The normalized spacial score (nSPS) is 10.2. The second-order valence-corrected chi connectivity index (χ2v) is 4.50. The van der Waals surface area contributed by atoms with Crippen LogP contribution in [-0.2, 0) is 16.1 Å². The molecule has 0 aliphatic rings. The average molecular weight is 292 g/mol. The van der Waals surface area contributed by atoms with Crippen molar-refractivity contribution in [2.75, 3.05) is 0 Å². The standard InChI is InChI=1S/C13H12ClN4O2/c14-12(20)3-2-11(19)9-18-7-4-10(8-17-18)13-15-5-1-6-16-13/h1,4-8H,2-3,9H2/q+1. The first-order valence-electron chi connectivity index (χ1n) is 5.98. The molecule has 20 heavy (non-hydrogen) atoms. The van der Waals surface area contributed by atoms with E-state index < -0.39 is 5.24 Å². The summed E-state index contributed by atoms with van der Waals surface area (Å²) in [5, 5.41) is 3.61. The summed E-state index contributed by atoms with van der Waals surface area (Å²) in [5.74, 6) is 0.478. The third-order valence-electron chi connectivity index (χ3n) is 2.53. The molecule has 2 aromatic heterocycles. The monoisotopic (exact) mass is 291 g/mol. The molecule has 6 nitrogen and oxygen atoms in total. The highest BCUT2D eigenvalue weighted by Gasteiger charge is 2.13. The molecule has 0 atom stereocenters. The van der Waals surface area contributed by atoms with Crippen molar-refractivity contribution in [2.45, 2.75) is 19.4 Å². The summed E-state index contributed by atoms with van der Waals surface area (Å²) in [7, 11) is 0. The van der Waals surface area contributed by atoms with Gasteiger partial charge in [0.05, 0.1) is 0 Å². The second-order valence-electron chi connectivity index (χ2n) is 4.08. The van der Waals surface area contributed by atoms with Crippen LogP contribution >= 0.6 is 11.6 Å². The van der Waals surface area contributed by atoms with Gasteiger partial charge in [0, 0.05) is 36.9 Å². The smallest absolute Gasteiger partial charge is 0.232 e. The number of halogens is 1. The van der Waals surface area contributed by atoms with Gasteiger partial charge in [0.15, 0.2) is 17.8 Å². The predicted molar refractivity (Wildman–Crippen MR) is 70.6 cm³/mol. The van der Waals surface area contributed by atoms with Gasteiger partial charge in [-0.05, 0) is 22.8 Å².